The van der Waals surface area contributed by atoms with Crippen LogP contribution in [-0.4, -0.2) is 38.8 Å². The van der Waals surface area contributed by atoms with Gasteiger partial charge in [0.25, 0.3) is 5.91 Å². The van der Waals surface area contributed by atoms with Gasteiger partial charge in [-0.2, -0.15) is 5.10 Å². The topological polar surface area (TPSA) is 90.9 Å². The molecule has 23 heavy (non-hydrogen) atoms. The van der Waals surface area contributed by atoms with Crippen LogP contribution in [-0.2, 0) is 0 Å². The van der Waals surface area contributed by atoms with Crippen LogP contribution in [0.2, 0.25) is 0 Å². The zero-order valence-electron chi connectivity index (χ0n) is 12.8. The maximum Gasteiger partial charge on any atom is 0.254 e. The summed E-state index contributed by atoms with van der Waals surface area (Å²) in [4.78, 5) is 16.2. The molecular formula is C16H19FN4O2. The zero-order chi connectivity index (χ0) is 16.4. The second-order valence-corrected chi connectivity index (χ2v) is 6.01. The van der Waals surface area contributed by atoms with E-state index in [9.17, 15) is 14.3 Å². The van der Waals surface area contributed by atoms with E-state index in [-0.39, 0.29) is 17.4 Å². The lowest BCUT2D eigenvalue weighted by molar-refractivity contribution is 0.0912. The summed E-state index contributed by atoms with van der Waals surface area (Å²) < 4.78 is 13.9. The average molecular weight is 318 g/mol. The first-order chi connectivity index (χ1) is 11.1. The highest BCUT2D eigenvalue weighted by molar-refractivity contribution is 5.94. The molecule has 122 valence electrons. The summed E-state index contributed by atoms with van der Waals surface area (Å²) in [6.07, 6.45) is 2.20. The van der Waals surface area contributed by atoms with Crippen LogP contribution in [0.15, 0.2) is 24.5 Å². The molecule has 3 rings (SSSR count). The van der Waals surface area contributed by atoms with Crippen molar-refractivity contribution in [1.82, 2.24) is 20.5 Å². The number of rotatable bonds is 4. The van der Waals surface area contributed by atoms with Gasteiger partial charge in [0.15, 0.2) is 0 Å². The standard InChI is InChI=1S/C16H19FN4O2/c1-9-3-2-4-12(14(9)17)16(23)18-7-11-5-10(6-13(11)22)15-19-8-20-21-15/h2-4,8,10-11,13,22H,5-7H2,1H3,(H,18,23)(H,19,20,21)/t10-,11+,13+/m1/s1. The van der Waals surface area contributed by atoms with Gasteiger partial charge in [-0.3, -0.25) is 9.89 Å². The molecule has 2 aromatic rings. The Labute approximate surface area is 133 Å². The third kappa shape index (κ3) is 3.24. The highest BCUT2D eigenvalue weighted by Gasteiger charge is 2.35. The van der Waals surface area contributed by atoms with Crippen molar-refractivity contribution in [3.05, 3.63) is 47.3 Å². The Hall–Kier alpha value is -2.28. The summed E-state index contributed by atoms with van der Waals surface area (Å²) in [5.41, 5.74) is 0.466. The molecule has 7 heteroatoms. The summed E-state index contributed by atoms with van der Waals surface area (Å²) in [6, 6.07) is 4.73. The summed E-state index contributed by atoms with van der Waals surface area (Å²) in [6.45, 7) is 1.92. The van der Waals surface area contributed by atoms with Crippen LogP contribution in [0, 0.1) is 18.7 Å². The Kier molecular flexibility index (Phi) is 4.38. The van der Waals surface area contributed by atoms with Crippen molar-refractivity contribution >= 4 is 5.91 Å². The van der Waals surface area contributed by atoms with E-state index in [1.54, 1.807) is 19.1 Å². The number of carbonyl (C=O) groups is 1. The predicted molar refractivity (Wildman–Crippen MR) is 81.3 cm³/mol. The van der Waals surface area contributed by atoms with Crippen molar-refractivity contribution in [2.45, 2.75) is 31.8 Å². The van der Waals surface area contributed by atoms with Crippen LogP contribution < -0.4 is 5.32 Å². The van der Waals surface area contributed by atoms with Gasteiger partial charge in [-0.25, -0.2) is 9.37 Å². The number of benzene rings is 1. The molecule has 0 bridgehead atoms. The Morgan fingerprint density at radius 3 is 3.04 bits per heavy atom. The number of aliphatic hydroxyl groups excluding tert-OH is 1. The number of hydrogen-bond donors (Lipinski definition) is 3. The number of nitrogens with zero attached hydrogens (tertiary/aromatic N) is 2. The molecule has 0 unspecified atom stereocenters. The summed E-state index contributed by atoms with van der Waals surface area (Å²) in [7, 11) is 0. The molecule has 1 fully saturated rings. The quantitative estimate of drug-likeness (QED) is 0.797. The molecule has 1 aromatic carbocycles. The Bertz CT molecular complexity index is 689. The Balaban J connectivity index is 1.60. The van der Waals surface area contributed by atoms with E-state index in [4.69, 9.17) is 0 Å². The fraction of sp³-hybridized carbons (Fsp3) is 0.438. The maximum absolute atomic E-state index is 13.9. The minimum absolute atomic E-state index is 0.0317. The molecule has 0 spiro atoms. The molecule has 1 amide bonds. The molecule has 1 heterocycles. The van der Waals surface area contributed by atoms with Crippen molar-refractivity contribution in [2.75, 3.05) is 6.54 Å². The van der Waals surface area contributed by atoms with E-state index in [1.807, 2.05) is 0 Å². The van der Waals surface area contributed by atoms with E-state index < -0.39 is 17.8 Å². The number of aryl methyl sites for hydroxylation is 1. The van der Waals surface area contributed by atoms with Gasteiger partial charge in [0, 0.05) is 18.4 Å². The molecule has 3 atom stereocenters. The highest BCUT2D eigenvalue weighted by atomic mass is 19.1. The van der Waals surface area contributed by atoms with Gasteiger partial charge in [0.05, 0.1) is 11.7 Å². The van der Waals surface area contributed by atoms with Gasteiger partial charge in [-0.15, -0.1) is 0 Å². The summed E-state index contributed by atoms with van der Waals surface area (Å²) >= 11 is 0. The van der Waals surface area contributed by atoms with Gasteiger partial charge in [0.2, 0.25) is 0 Å². The van der Waals surface area contributed by atoms with Gasteiger partial charge < -0.3 is 10.4 Å². The van der Waals surface area contributed by atoms with Gasteiger partial charge >= 0.3 is 0 Å². The van der Waals surface area contributed by atoms with Crippen molar-refractivity contribution < 1.29 is 14.3 Å². The van der Waals surface area contributed by atoms with E-state index in [0.29, 0.717) is 24.9 Å². The van der Waals surface area contributed by atoms with Crippen LogP contribution in [0.1, 0.15) is 40.5 Å². The SMILES string of the molecule is Cc1cccc(C(=O)NC[C@@H]2C[C@@H](c3ncn[nH]3)C[C@@H]2O)c1F. The van der Waals surface area contributed by atoms with E-state index in [1.165, 1.54) is 12.4 Å². The summed E-state index contributed by atoms with van der Waals surface area (Å²) in [5, 5.41) is 19.5. The Morgan fingerprint density at radius 2 is 2.30 bits per heavy atom. The monoisotopic (exact) mass is 318 g/mol. The first kappa shape index (κ1) is 15.6. The Morgan fingerprint density at radius 1 is 1.48 bits per heavy atom. The first-order valence-corrected chi connectivity index (χ1v) is 7.63. The zero-order valence-corrected chi connectivity index (χ0v) is 12.8. The lowest BCUT2D eigenvalue weighted by atomic mass is 10.0. The van der Waals surface area contributed by atoms with Crippen LogP contribution in [0.3, 0.4) is 0 Å². The van der Waals surface area contributed by atoms with Crippen molar-refractivity contribution in [1.29, 1.82) is 0 Å². The molecule has 0 aliphatic heterocycles. The van der Waals surface area contributed by atoms with Crippen LogP contribution >= 0.6 is 0 Å². The van der Waals surface area contributed by atoms with Crippen LogP contribution in [0.5, 0.6) is 0 Å². The van der Waals surface area contributed by atoms with E-state index in [2.05, 4.69) is 20.5 Å². The van der Waals surface area contributed by atoms with E-state index in [0.717, 1.165) is 5.82 Å². The number of aliphatic hydroxyl groups is 1. The van der Waals surface area contributed by atoms with Gasteiger partial charge in [0.1, 0.15) is 18.0 Å². The largest absolute Gasteiger partial charge is 0.393 e. The second kappa shape index (κ2) is 6.45. The molecular weight excluding hydrogens is 299 g/mol. The van der Waals surface area contributed by atoms with E-state index >= 15 is 0 Å². The van der Waals surface area contributed by atoms with Crippen molar-refractivity contribution in [3.63, 3.8) is 0 Å². The van der Waals surface area contributed by atoms with Crippen molar-refractivity contribution in [2.24, 2.45) is 5.92 Å². The third-order valence-corrected chi connectivity index (χ3v) is 4.44. The average Bonchev–Trinajstić information content (AvgIpc) is 3.17. The molecule has 1 aliphatic rings. The number of hydrogen-bond acceptors (Lipinski definition) is 4. The fourth-order valence-electron chi connectivity index (χ4n) is 3.10. The number of carbonyl (C=O) groups excluding carboxylic acids is 1. The molecule has 3 N–H and O–H groups in total. The highest BCUT2D eigenvalue weighted by Crippen LogP contribution is 2.36. The maximum atomic E-state index is 13.9. The fourth-order valence-corrected chi connectivity index (χ4v) is 3.10. The normalized spacial score (nSPS) is 23.9. The molecule has 1 aromatic heterocycles. The van der Waals surface area contributed by atoms with Crippen LogP contribution in [0.4, 0.5) is 4.39 Å². The smallest absolute Gasteiger partial charge is 0.254 e. The number of nitrogens with one attached hydrogen (secondary N) is 2. The summed E-state index contributed by atoms with van der Waals surface area (Å²) in [5.74, 6) is -0.187. The van der Waals surface area contributed by atoms with Gasteiger partial charge in [-0.05, 0) is 31.4 Å². The molecule has 1 aliphatic carbocycles. The molecule has 0 saturated heterocycles. The molecule has 6 nitrogen and oxygen atoms in total. The number of aromatic nitrogens is 3. The lowest BCUT2D eigenvalue weighted by Crippen LogP contribution is -2.33. The molecule has 0 radical (unpaired) electrons. The van der Waals surface area contributed by atoms with Gasteiger partial charge in [-0.1, -0.05) is 12.1 Å². The first-order valence-electron chi connectivity index (χ1n) is 7.63. The number of H-pyrrole nitrogens is 1. The minimum Gasteiger partial charge on any atom is -0.393 e. The van der Waals surface area contributed by atoms with Crippen LogP contribution in [0.25, 0.3) is 0 Å². The second-order valence-electron chi connectivity index (χ2n) is 6.01. The number of halogens is 1. The molecule has 1 saturated carbocycles. The van der Waals surface area contributed by atoms with Crippen molar-refractivity contribution in [3.8, 4) is 0 Å². The number of amides is 1. The number of aromatic amines is 1. The predicted octanol–water partition coefficient (Wildman–Crippen LogP) is 1.54. The third-order valence-electron chi connectivity index (χ3n) is 4.44. The lowest BCUT2D eigenvalue weighted by Gasteiger charge is -2.15. The minimum atomic E-state index is -0.521.